The van der Waals surface area contributed by atoms with E-state index < -0.39 is 0 Å². The summed E-state index contributed by atoms with van der Waals surface area (Å²) in [6.07, 6.45) is 8.83. The van der Waals surface area contributed by atoms with Gasteiger partial charge in [0.05, 0.1) is 5.69 Å². The van der Waals surface area contributed by atoms with E-state index in [-0.39, 0.29) is 0 Å². The topological polar surface area (TPSA) is 6.48 Å². The lowest BCUT2D eigenvalue weighted by atomic mass is 9.96. The Kier molecular flexibility index (Phi) is 9.72. The Balaban J connectivity index is 0.921. The standard InChI is InChI=1S/C60H44N2/c1-4-13-43(14-5-1)45-25-32-53(33-26-45)61(54-34-27-46(28-35-54)44-15-6-2-7-16-44)55-36-29-47(30-37-55)49-31-39-57-50(41-49)23-24-51-42-56(38-40-58(51)57)62(52-19-8-3-9-20-52)60-22-12-18-48-17-10-11-21-59(48)60/h1-6,8-15,17-42H,7,16H2. The zero-order valence-corrected chi connectivity index (χ0v) is 34.4. The van der Waals surface area contributed by atoms with E-state index in [1.54, 1.807) is 0 Å². The average molecular weight is 793 g/mol. The Morgan fingerprint density at radius 2 is 0.823 bits per heavy atom. The molecular formula is C60H44N2. The molecule has 1 aliphatic rings. The number of anilines is 6. The van der Waals surface area contributed by atoms with Gasteiger partial charge in [0, 0.05) is 33.8 Å². The van der Waals surface area contributed by atoms with E-state index in [9.17, 15) is 0 Å². The minimum Gasteiger partial charge on any atom is -0.311 e. The van der Waals surface area contributed by atoms with Crippen molar-refractivity contribution in [2.75, 3.05) is 9.80 Å². The summed E-state index contributed by atoms with van der Waals surface area (Å²) in [7, 11) is 0. The molecule has 10 aromatic rings. The third-order valence-electron chi connectivity index (χ3n) is 12.3. The molecule has 0 N–H and O–H groups in total. The van der Waals surface area contributed by atoms with Crippen molar-refractivity contribution < 1.29 is 0 Å². The second-order valence-electron chi connectivity index (χ2n) is 16.1. The summed E-state index contributed by atoms with van der Waals surface area (Å²) >= 11 is 0. The first kappa shape index (κ1) is 37.1. The molecule has 0 aliphatic heterocycles. The summed E-state index contributed by atoms with van der Waals surface area (Å²) in [6.45, 7) is 0. The van der Waals surface area contributed by atoms with Gasteiger partial charge in [0.25, 0.3) is 0 Å². The molecule has 0 bridgehead atoms. The van der Waals surface area contributed by atoms with Gasteiger partial charge in [-0.1, -0.05) is 170 Å². The van der Waals surface area contributed by atoms with Crippen LogP contribution in [-0.2, 0) is 0 Å². The average Bonchev–Trinajstić information content (AvgIpc) is 3.35. The zero-order chi connectivity index (χ0) is 41.2. The summed E-state index contributed by atoms with van der Waals surface area (Å²) in [4.78, 5) is 4.74. The van der Waals surface area contributed by atoms with Crippen LogP contribution in [0.15, 0.2) is 243 Å². The van der Waals surface area contributed by atoms with E-state index in [4.69, 9.17) is 0 Å². The Hall–Kier alpha value is -7.94. The van der Waals surface area contributed by atoms with Gasteiger partial charge < -0.3 is 9.80 Å². The SMILES string of the molecule is C1=CCCC(c2ccc(N(c3ccc(-c4ccccc4)cc3)c3ccc(-c4ccc5c(ccc6cc(N(c7ccccc7)c7cccc8ccccc78)ccc65)c4)cc3)cc2)=C1. The van der Waals surface area contributed by atoms with E-state index >= 15 is 0 Å². The van der Waals surface area contributed by atoms with Gasteiger partial charge in [-0.2, -0.15) is 0 Å². The summed E-state index contributed by atoms with van der Waals surface area (Å²) in [6, 6.07) is 81.8. The molecule has 0 spiro atoms. The van der Waals surface area contributed by atoms with Crippen LogP contribution in [0.3, 0.4) is 0 Å². The highest BCUT2D eigenvalue weighted by Crippen LogP contribution is 2.42. The molecule has 1 aliphatic carbocycles. The molecular weight excluding hydrogens is 749 g/mol. The lowest BCUT2D eigenvalue weighted by molar-refractivity contribution is 1.05. The molecule has 0 unspecified atom stereocenters. The van der Waals surface area contributed by atoms with Gasteiger partial charge in [0.2, 0.25) is 0 Å². The number of fused-ring (bicyclic) bond motifs is 4. The lowest BCUT2D eigenvalue weighted by Gasteiger charge is -2.27. The highest BCUT2D eigenvalue weighted by molar-refractivity contribution is 6.10. The molecule has 0 atom stereocenters. The van der Waals surface area contributed by atoms with Crippen LogP contribution in [0.4, 0.5) is 34.1 Å². The monoisotopic (exact) mass is 792 g/mol. The molecule has 2 nitrogen and oxygen atoms in total. The summed E-state index contributed by atoms with van der Waals surface area (Å²) in [5.41, 5.74) is 14.3. The van der Waals surface area contributed by atoms with Crippen LogP contribution in [-0.4, -0.2) is 0 Å². The largest absolute Gasteiger partial charge is 0.311 e. The van der Waals surface area contributed by atoms with Crippen molar-refractivity contribution in [3.63, 3.8) is 0 Å². The Bertz CT molecular complexity index is 3250. The van der Waals surface area contributed by atoms with E-state index in [0.717, 1.165) is 47.0 Å². The maximum atomic E-state index is 2.38. The summed E-state index contributed by atoms with van der Waals surface area (Å²) in [5, 5.41) is 7.39. The lowest BCUT2D eigenvalue weighted by Crippen LogP contribution is -2.10. The minimum absolute atomic E-state index is 1.08. The van der Waals surface area contributed by atoms with Crippen LogP contribution in [0.2, 0.25) is 0 Å². The minimum atomic E-state index is 1.08. The van der Waals surface area contributed by atoms with Gasteiger partial charge in [-0.25, -0.2) is 0 Å². The van der Waals surface area contributed by atoms with Crippen molar-refractivity contribution >= 4 is 72.0 Å². The highest BCUT2D eigenvalue weighted by atomic mass is 15.1. The maximum absolute atomic E-state index is 2.38. The van der Waals surface area contributed by atoms with Crippen molar-refractivity contribution in [2.24, 2.45) is 0 Å². The number of rotatable bonds is 9. The molecule has 0 saturated heterocycles. The molecule has 294 valence electrons. The van der Waals surface area contributed by atoms with Crippen molar-refractivity contribution in [1.82, 2.24) is 0 Å². The van der Waals surface area contributed by atoms with Crippen molar-refractivity contribution in [1.29, 1.82) is 0 Å². The van der Waals surface area contributed by atoms with Crippen LogP contribution < -0.4 is 9.80 Å². The van der Waals surface area contributed by atoms with Crippen LogP contribution in [0.5, 0.6) is 0 Å². The van der Waals surface area contributed by atoms with E-state index in [0.29, 0.717) is 0 Å². The van der Waals surface area contributed by atoms with Crippen LogP contribution in [0.25, 0.3) is 60.1 Å². The first-order valence-electron chi connectivity index (χ1n) is 21.6. The molecule has 0 aromatic heterocycles. The van der Waals surface area contributed by atoms with Crippen molar-refractivity contribution in [2.45, 2.75) is 12.8 Å². The maximum Gasteiger partial charge on any atom is 0.0540 e. The normalized spacial score (nSPS) is 12.4. The second-order valence-corrected chi connectivity index (χ2v) is 16.1. The van der Waals surface area contributed by atoms with Crippen molar-refractivity contribution in [3.8, 4) is 22.3 Å². The van der Waals surface area contributed by atoms with E-state index in [1.807, 2.05) is 0 Å². The third kappa shape index (κ3) is 7.12. The number of hydrogen-bond donors (Lipinski definition) is 0. The van der Waals surface area contributed by atoms with E-state index in [2.05, 4.69) is 252 Å². The third-order valence-corrected chi connectivity index (χ3v) is 12.3. The smallest absolute Gasteiger partial charge is 0.0540 e. The fourth-order valence-electron chi connectivity index (χ4n) is 9.14. The van der Waals surface area contributed by atoms with Gasteiger partial charge in [0.1, 0.15) is 0 Å². The molecule has 0 amide bonds. The molecule has 0 heterocycles. The number of allylic oxidation sites excluding steroid dienone is 4. The number of nitrogens with zero attached hydrogens (tertiary/aromatic N) is 2. The van der Waals surface area contributed by atoms with Gasteiger partial charge >= 0.3 is 0 Å². The summed E-state index contributed by atoms with van der Waals surface area (Å²) < 4.78 is 0. The molecule has 62 heavy (non-hydrogen) atoms. The molecule has 10 aromatic carbocycles. The summed E-state index contributed by atoms with van der Waals surface area (Å²) in [5.74, 6) is 0. The molecule has 2 heteroatoms. The van der Waals surface area contributed by atoms with Gasteiger partial charge in [0.15, 0.2) is 0 Å². The molecule has 0 radical (unpaired) electrons. The molecule has 0 fully saturated rings. The van der Waals surface area contributed by atoms with Crippen LogP contribution in [0, 0.1) is 0 Å². The Morgan fingerprint density at radius 1 is 0.306 bits per heavy atom. The Morgan fingerprint density at radius 3 is 1.50 bits per heavy atom. The fourth-order valence-corrected chi connectivity index (χ4v) is 9.14. The fraction of sp³-hybridized carbons (Fsp3) is 0.0333. The van der Waals surface area contributed by atoms with E-state index in [1.165, 1.54) is 65.7 Å². The quantitative estimate of drug-likeness (QED) is 0.134. The predicted molar refractivity (Wildman–Crippen MR) is 266 cm³/mol. The van der Waals surface area contributed by atoms with Crippen molar-refractivity contribution in [3.05, 3.63) is 248 Å². The number of para-hydroxylation sites is 1. The predicted octanol–water partition coefficient (Wildman–Crippen LogP) is 17.2. The second kappa shape index (κ2) is 16.3. The van der Waals surface area contributed by atoms with Crippen LogP contribution >= 0.6 is 0 Å². The first-order valence-corrected chi connectivity index (χ1v) is 21.6. The first-order chi connectivity index (χ1) is 30.7. The molecule has 11 rings (SSSR count). The molecule has 0 saturated carbocycles. The number of benzene rings is 10. The van der Waals surface area contributed by atoms with Gasteiger partial charge in [-0.05, 0) is 146 Å². The van der Waals surface area contributed by atoms with Crippen LogP contribution in [0.1, 0.15) is 18.4 Å². The highest BCUT2D eigenvalue weighted by Gasteiger charge is 2.17. The Labute approximate surface area is 363 Å². The van der Waals surface area contributed by atoms with Gasteiger partial charge in [-0.3, -0.25) is 0 Å². The van der Waals surface area contributed by atoms with Gasteiger partial charge in [-0.15, -0.1) is 0 Å². The number of hydrogen-bond acceptors (Lipinski definition) is 2. The zero-order valence-electron chi connectivity index (χ0n) is 34.4.